The first-order valence-electron chi connectivity index (χ1n) is 8.56. The second-order valence-electron chi connectivity index (χ2n) is 6.18. The van der Waals surface area contributed by atoms with E-state index < -0.39 is 17.8 Å². The van der Waals surface area contributed by atoms with Gasteiger partial charge < -0.3 is 15.1 Å². The number of nitrogens with zero attached hydrogens (tertiary/aromatic N) is 3. The lowest BCUT2D eigenvalue weighted by atomic mass is 10.1. The molecule has 1 aromatic heterocycles. The van der Waals surface area contributed by atoms with Crippen LogP contribution in [0.1, 0.15) is 17.3 Å². The van der Waals surface area contributed by atoms with Crippen LogP contribution in [0.4, 0.5) is 10.2 Å². The lowest BCUT2D eigenvalue weighted by molar-refractivity contribution is -0.133. The fourth-order valence-corrected chi connectivity index (χ4v) is 2.95. The molecule has 1 N–H and O–H groups in total. The Labute approximate surface area is 151 Å². The molecule has 1 aliphatic rings. The van der Waals surface area contributed by atoms with Crippen LogP contribution in [0.2, 0.25) is 0 Å². The number of amides is 2. The summed E-state index contributed by atoms with van der Waals surface area (Å²) in [5.74, 6) is -0.472. The molecule has 0 spiro atoms. The van der Waals surface area contributed by atoms with Gasteiger partial charge in [-0.05, 0) is 31.2 Å². The van der Waals surface area contributed by atoms with Gasteiger partial charge in [0.2, 0.25) is 5.91 Å². The van der Waals surface area contributed by atoms with Crippen LogP contribution in [0, 0.1) is 5.82 Å². The highest BCUT2D eigenvalue weighted by atomic mass is 19.1. The number of aromatic nitrogens is 1. The van der Waals surface area contributed by atoms with E-state index in [1.165, 1.54) is 18.2 Å². The van der Waals surface area contributed by atoms with Gasteiger partial charge in [0.1, 0.15) is 17.7 Å². The van der Waals surface area contributed by atoms with Crippen LogP contribution in [0.15, 0.2) is 48.7 Å². The number of nitrogens with one attached hydrogen (secondary N) is 1. The monoisotopic (exact) mass is 356 g/mol. The third-order valence-electron chi connectivity index (χ3n) is 4.40. The summed E-state index contributed by atoms with van der Waals surface area (Å²) in [5, 5.41) is 2.58. The van der Waals surface area contributed by atoms with E-state index in [-0.39, 0.29) is 11.5 Å². The molecular weight excluding hydrogens is 335 g/mol. The highest BCUT2D eigenvalue weighted by Crippen LogP contribution is 2.13. The number of piperazine rings is 1. The van der Waals surface area contributed by atoms with E-state index in [1.807, 2.05) is 18.2 Å². The third-order valence-corrected chi connectivity index (χ3v) is 4.40. The quantitative estimate of drug-likeness (QED) is 0.905. The van der Waals surface area contributed by atoms with Gasteiger partial charge >= 0.3 is 0 Å². The maximum atomic E-state index is 13.7. The number of halogens is 1. The van der Waals surface area contributed by atoms with Crippen molar-refractivity contribution < 1.29 is 14.0 Å². The van der Waals surface area contributed by atoms with Crippen LogP contribution in [0.3, 0.4) is 0 Å². The smallest absolute Gasteiger partial charge is 0.254 e. The topological polar surface area (TPSA) is 65.5 Å². The number of carbonyl (C=O) groups is 2. The van der Waals surface area contributed by atoms with Crippen LogP contribution in [-0.2, 0) is 4.79 Å². The fourth-order valence-electron chi connectivity index (χ4n) is 2.95. The summed E-state index contributed by atoms with van der Waals surface area (Å²) in [5.41, 5.74) is -0.0629. The van der Waals surface area contributed by atoms with Crippen molar-refractivity contribution in [3.05, 3.63) is 60.0 Å². The Balaban J connectivity index is 1.55. The lowest BCUT2D eigenvalue weighted by Gasteiger charge is -2.36. The molecule has 2 aromatic rings. The zero-order chi connectivity index (χ0) is 18.5. The summed E-state index contributed by atoms with van der Waals surface area (Å²) >= 11 is 0. The zero-order valence-electron chi connectivity index (χ0n) is 14.6. The van der Waals surface area contributed by atoms with Gasteiger partial charge in [-0.2, -0.15) is 0 Å². The van der Waals surface area contributed by atoms with Crippen LogP contribution in [-0.4, -0.2) is 53.9 Å². The Morgan fingerprint density at radius 2 is 1.77 bits per heavy atom. The maximum absolute atomic E-state index is 13.7. The minimum Gasteiger partial charge on any atom is -0.353 e. The van der Waals surface area contributed by atoms with Crippen LogP contribution < -0.4 is 10.2 Å². The molecule has 1 atom stereocenters. The summed E-state index contributed by atoms with van der Waals surface area (Å²) in [6.45, 7) is 4.07. The van der Waals surface area contributed by atoms with Gasteiger partial charge in [-0.1, -0.05) is 18.2 Å². The highest BCUT2D eigenvalue weighted by molar-refractivity contribution is 5.97. The van der Waals surface area contributed by atoms with E-state index in [0.717, 1.165) is 5.82 Å². The Bertz CT molecular complexity index is 776. The van der Waals surface area contributed by atoms with Crippen molar-refractivity contribution in [2.24, 2.45) is 0 Å². The summed E-state index contributed by atoms with van der Waals surface area (Å²) in [4.78, 5) is 32.9. The number of anilines is 1. The number of hydrogen-bond donors (Lipinski definition) is 1. The Hall–Kier alpha value is -2.96. The SMILES string of the molecule is C[C@H](NC(=O)c1ccccc1F)C(=O)N1CCN(c2ccccn2)CC1. The molecule has 136 valence electrons. The molecule has 0 aliphatic carbocycles. The molecular formula is C19H21FN4O2. The van der Waals surface area contributed by atoms with Crippen molar-refractivity contribution in [1.82, 2.24) is 15.2 Å². The molecule has 0 bridgehead atoms. The van der Waals surface area contributed by atoms with Gasteiger partial charge in [-0.15, -0.1) is 0 Å². The van der Waals surface area contributed by atoms with Crippen LogP contribution >= 0.6 is 0 Å². The predicted molar refractivity (Wildman–Crippen MR) is 96.4 cm³/mol. The zero-order valence-corrected chi connectivity index (χ0v) is 14.6. The minimum absolute atomic E-state index is 0.0629. The summed E-state index contributed by atoms with van der Waals surface area (Å²) in [6, 6.07) is 10.7. The van der Waals surface area contributed by atoms with Crippen molar-refractivity contribution in [2.75, 3.05) is 31.1 Å². The standard InChI is InChI=1S/C19H21FN4O2/c1-14(22-18(25)15-6-2-3-7-16(15)20)19(26)24-12-10-23(11-13-24)17-8-4-5-9-21-17/h2-9,14H,10-13H2,1H3,(H,22,25)/t14-/m0/s1. The highest BCUT2D eigenvalue weighted by Gasteiger charge is 2.26. The van der Waals surface area contributed by atoms with Crippen molar-refractivity contribution in [1.29, 1.82) is 0 Å². The Kier molecular flexibility index (Phi) is 5.46. The molecule has 0 saturated carbocycles. The van der Waals surface area contributed by atoms with Gasteiger partial charge in [0.25, 0.3) is 5.91 Å². The molecule has 0 unspecified atom stereocenters. The Morgan fingerprint density at radius 1 is 1.08 bits per heavy atom. The number of rotatable bonds is 4. The number of pyridine rings is 1. The lowest BCUT2D eigenvalue weighted by Crippen LogP contribution is -2.54. The van der Waals surface area contributed by atoms with Gasteiger partial charge in [-0.3, -0.25) is 9.59 Å². The Morgan fingerprint density at radius 3 is 2.42 bits per heavy atom. The molecule has 3 rings (SSSR count). The van der Waals surface area contributed by atoms with Gasteiger partial charge in [-0.25, -0.2) is 9.37 Å². The largest absolute Gasteiger partial charge is 0.353 e. The molecule has 1 fully saturated rings. The van der Waals surface area contributed by atoms with Crippen LogP contribution in [0.25, 0.3) is 0 Å². The van der Waals surface area contributed by atoms with Gasteiger partial charge in [0.05, 0.1) is 5.56 Å². The molecule has 7 heteroatoms. The first-order valence-corrected chi connectivity index (χ1v) is 8.56. The normalized spacial score (nSPS) is 15.5. The van der Waals surface area contributed by atoms with Crippen molar-refractivity contribution in [3.8, 4) is 0 Å². The molecule has 6 nitrogen and oxygen atoms in total. The maximum Gasteiger partial charge on any atom is 0.254 e. The molecule has 2 heterocycles. The van der Waals surface area contributed by atoms with Crippen molar-refractivity contribution >= 4 is 17.6 Å². The minimum atomic E-state index is -0.719. The molecule has 1 saturated heterocycles. The summed E-state index contributed by atoms with van der Waals surface area (Å²) in [7, 11) is 0. The number of hydrogen-bond acceptors (Lipinski definition) is 4. The molecule has 26 heavy (non-hydrogen) atoms. The van der Waals surface area contributed by atoms with Gasteiger partial charge in [0, 0.05) is 32.4 Å². The molecule has 1 aromatic carbocycles. The average Bonchev–Trinajstić information content (AvgIpc) is 2.68. The van der Waals surface area contributed by atoms with E-state index in [9.17, 15) is 14.0 Å². The third kappa shape index (κ3) is 3.99. The van der Waals surface area contributed by atoms with Crippen molar-refractivity contribution in [2.45, 2.75) is 13.0 Å². The van der Waals surface area contributed by atoms with Crippen LogP contribution in [0.5, 0.6) is 0 Å². The number of carbonyl (C=O) groups excluding carboxylic acids is 2. The fraction of sp³-hybridized carbons (Fsp3) is 0.316. The van der Waals surface area contributed by atoms with Gasteiger partial charge in [0.15, 0.2) is 0 Å². The molecule has 0 radical (unpaired) electrons. The second kappa shape index (κ2) is 7.95. The van der Waals surface area contributed by atoms with Crippen molar-refractivity contribution in [3.63, 3.8) is 0 Å². The first kappa shape index (κ1) is 17.8. The average molecular weight is 356 g/mol. The van der Waals surface area contributed by atoms with E-state index in [4.69, 9.17) is 0 Å². The van der Waals surface area contributed by atoms with E-state index in [0.29, 0.717) is 26.2 Å². The molecule has 1 aliphatic heterocycles. The van der Waals surface area contributed by atoms with E-state index in [1.54, 1.807) is 24.1 Å². The number of benzene rings is 1. The van der Waals surface area contributed by atoms with E-state index >= 15 is 0 Å². The first-order chi connectivity index (χ1) is 12.6. The predicted octanol–water partition coefficient (Wildman–Crippen LogP) is 1.69. The second-order valence-corrected chi connectivity index (χ2v) is 6.18. The van der Waals surface area contributed by atoms with E-state index in [2.05, 4.69) is 15.2 Å². The summed E-state index contributed by atoms with van der Waals surface area (Å²) in [6.07, 6.45) is 1.74. The molecule has 2 amide bonds. The summed E-state index contributed by atoms with van der Waals surface area (Å²) < 4.78 is 13.7.